The quantitative estimate of drug-likeness (QED) is 0.799. The van der Waals surface area contributed by atoms with E-state index < -0.39 is 0 Å². The molecule has 0 bridgehead atoms. The molecule has 0 spiro atoms. The van der Waals surface area contributed by atoms with Gasteiger partial charge in [-0.3, -0.25) is 4.79 Å². The highest BCUT2D eigenvalue weighted by molar-refractivity contribution is 5.97. The van der Waals surface area contributed by atoms with Crippen molar-refractivity contribution in [2.45, 2.75) is 25.3 Å². The molecule has 1 N–H and O–H groups in total. The van der Waals surface area contributed by atoms with Gasteiger partial charge in [0.2, 0.25) is 0 Å². The van der Waals surface area contributed by atoms with Gasteiger partial charge < -0.3 is 15.1 Å². The van der Waals surface area contributed by atoms with Crippen molar-refractivity contribution < 1.29 is 4.79 Å². The van der Waals surface area contributed by atoms with E-state index >= 15 is 0 Å². The molecule has 1 unspecified atom stereocenters. The molecule has 1 fully saturated rings. The van der Waals surface area contributed by atoms with Gasteiger partial charge in [0, 0.05) is 43.0 Å². The first-order chi connectivity index (χ1) is 13.3. The number of nitrogens with one attached hydrogen (secondary N) is 1. The highest BCUT2D eigenvalue weighted by Crippen LogP contribution is 2.40. The number of benzene rings is 2. The van der Waals surface area contributed by atoms with E-state index in [0.29, 0.717) is 0 Å². The summed E-state index contributed by atoms with van der Waals surface area (Å²) in [5, 5.41) is 3.55. The topological polar surface area (TPSA) is 47.9 Å². The third kappa shape index (κ3) is 3.35. The van der Waals surface area contributed by atoms with E-state index in [1.807, 2.05) is 35.2 Å². The van der Waals surface area contributed by atoms with Crippen LogP contribution in [0.5, 0.6) is 0 Å². The number of carbonyl (C=O) groups is 1. The molecule has 146 valence electrons. The Labute approximate surface area is 171 Å². The van der Waals surface area contributed by atoms with E-state index in [9.17, 15) is 4.79 Å². The largest absolute Gasteiger partial charge is 0.339 e. The summed E-state index contributed by atoms with van der Waals surface area (Å²) in [5.74, 6) is 1.09. The Morgan fingerprint density at radius 2 is 1.79 bits per heavy atom. The molecule has 1 aliphatic carbocycles. The molecule has 1 saturated heterocycles. The second kappa shape index (κ2) is 7.84. The molecule has 0 aromatic heterocycles. The molecule has 2 aromatic carbocycles. The SMILES string of the molecule is Cl.O=C(c1ccccc1)N1CCN(C2=NC3CCCc4cccc(c43)N2)CC1. The van der Waals surface area contributed by atoms with Crippen molar-refractivity contribution in [2.75, 3.05) is 31.5 Å². The van der Waals surface area contributed by atoms with Gasteiger partial charge in [-0.15, -0.1) is 12.4 Å². The normalized spacial score (nSPS) is 20.4. The van der Waals surface area contributed by atoms with Crippen molar-refractivity contribution >= 4 is 30.0 Å². The van der Waals surface area contributed by atoms with Crippen molar-refractivity contribution in [3.05, 3.63) is 65.2 Å². The van der Waals surface area contributed by atoms with Crippen molar-refractivity contribution in [3.8, 4) is 0 Å². The second-order valence-electron chi connectivity index (χ2n) is 7.51. The number of carbonyl (C=O) groups excluding carboxylic acids is 1. The highest BCUT2D eigenvalue weighted by Gasteiger charge is 2.30. The van der Waals surface area contributed by atoms with E-state index in [1.165, 1.54) is 23.2 Å². The summed E-state index contributed by atoms with van der Waals surface area (Å²) in [4.78, 5) is 21.9. The zero-order valence-corrected chi connectivity index (χ0v) is 16.6. The zero-order chi connectivity index (χ0) is 18.2. The Morgan fingerprint density at radius 3 is 2.57 bits per heavy atom. The van der Waals surface area contributed by atoms with E-state index in [0.717, 1.165) is 50.5 Å². The first kappa shape index (κ1) is 18.8. The Morgan fingerprint density at radius 1 is 1.00 bits per heavy atom. The van der Waals surface area contributed by atoms with Crippen LogP contribution in [0.3, 0.4) is 0 Å². The fourth-order valence-electron chi connectivity index (χ4n) is 4.44. The monoisotopic (exact) mass is 396 g/mol. The van der Waals surface area contributed by atoms with Crippen LogP contribution in [-0.4, -0.2) is 47.8 Å². The lowest BCUT2D eigenvalue weighted by Gasteiger charge is -2.39. The standard InChI is InChI=1S/C22H24N4O.ClH/c27-21(17-6-2-1-3-7-17)25-12-14-26(15-13-25)22-23-18-10-4-8-16-9-5-11-19(24-22)20(16)18;/h1-4,6-8,10,19H,5,9,11-15H2,(H,23,24);1H. The number of guanidine groups is 1. The molecule has 1 amide bonds. The van der Waals surface area contributed by atoms with Crippen LogP contribution in [0.1, 0.15) is 40.4 Å². The Kier molecular flexibility index (Phi) is 5.27. The van der Waals surface area contributed by atoms with Crippen LogP contribution in [0.2, 0.25) is 0 Å². The van der Waals surface area contributed by atoms with Gasteiger partial charge in [0.1, 0.15) is 0 Å². The minimum absolute atomic E-state index is 0. The maximum absolute atomic E-state index is 12.7. The number of anilines is 1. The van der Waals surface area contributed by atoms with Crippen molar-refractivity contribution in [1.82, 2.24) is 9.80 Å². The number of hydrogen-bond donors (Lipinski definition) is 1. The lowest BCUT2D eigenvalue weighted by Crippen LogP contribution is -2.52. The van der Waals surface area contributed by atoms with E-state index in [4.69, 9.17) is 4.99 Å². The summed E-state index contributed by atoms with van der Waals surface area (Å²) in [6, 6.07) is 16.4. The summed E-state index contributed by atoms with van der Waals surface area (Å²) >= 11 is 0. The molecule has 6 heteroatoms. The van der Waals surface area contributed by atoms with Gasteiger partial charge in [-0.2, -0.15) is 0 Å². The number of rotatable bonds is 1. The number of aryl methyl sites for hydroxylation is 1. The smallest absolute Gasteiger partial charge is 0.253 e. The van der Waals surface area contributed by atoms with Gasteiger partial charge in [-0.05, 0) is 43.0 Å². The average Bonchev–Trinajstić information content (AvgIpc) is 2.74. The average molecular weight is 397 g/mol. The molecule has 5 rings (SSSR count). The van der Waals surface area contributed by atoms with Crippen LogP contribution in [0.15, 0.2) is 53.5 Å². The van der Waals surface area contributed by atoms with Crippen LogP contribution in [0.4, 0.5) is 5.69 Å². The maximum Gasteiger partial charge on any atom is 0.253 e. The van der Waals surface area contributed by atoms with Gasteiger partial charge >= 0.3 is 0 Å². The molecule has 28 heavy (non-hydrogen) atoms. The van der Waals surface area contributed by atoms with E-state index in [-0.39, 0.29) is 24.4 Å². The molecule has 1 atom stereocenters. The lowest BCUT2D eigenvalue weighted by molar-refractivity contribution is 0.0691. The number of nitrogens with zero attached hydrogens (tertiary/aromatic N) is 3. The molecule has 5 nitrogen and oxygen atoms in total. The van der Waals surface area contributed by atoms with Crippen molar-refractivity contribution in [3.63, 3.8) is 0 Å². The molecule has 0 saturated carbocycles. The number of amides is 1. The molecule has 3 aliphatic rings. The lowest BCUT2D eigenvalue weighted by atomic mass is 9.86. The molecular weight excluding hydrogens is 372 g/mol. The predicted molar refractivity (Wildman–Crippen MR) is 114 cm³/mol. The van der Waals surface area contributed by atoms with Crippen LogP contribution in [-0.2, 0) is 6.42 Å². The van der Waals surface area contributed by atoms with Crippen LogP contribution < -0.4 is 5.32 Å². The fraction of sp³-hybridized carbons (Fsp3) is 0.364. The predicted octanol–water partition coefficient (Wildman–Crippen LogP) is 3.73. The second-order valence-corrected chi connectivity index (χ2v) is 7.51. The third-order valence-corrected chi connectivity index (χ3v) is 5.87. The van der Waals surface area contributed by atoms with Gasteiger partial charge in [0.05, 0.1) is 6.04 Å². The Balaban J connectivity index is 0.00000192. The first-order valence-electron chi connectivity index (χ1n) is 9.85. The summed E-state index contributed by atoms with van der Waals surface area (Å²) in [5.41, 5.74) is 4.82. The Bertz CT molecular complexity index is 891. The van der Waals surface area contributed by atoms with Gasteiger partial charge in [-0.1, -0.05) is 30.3 Å². The minimum Gasteiger partial charge on any atom is -0.339 e. The van der Waals surface area contributed by atoms with E-state index in [1.54, 1.807) is 0 Å². The molecule has 2 aliphatic heterocycles. The molecule has 2 aromatic rings. The fourth-order valence-corrected chi connectivity index (χ4v) is 4.44. The minimum atomic E-state index is 0. The number of piperazine rings is 1. The molecule has 0 radical (unpaired) electrons. The molecular formula is C22H25ClN4O. The molecule has 2 heterocycles. The zero-order valence-electron chi connectivity index (χ0n) is 15.8. The van der Waals surface area contributed by atoms with Crippen LogP contribution in [0.25, 0.3) is 0 Å². The van der Waals surface area contributed by atoms with Crippen molar-refractivity contribution in [1.29, 1.82) is 0 Å². The highest BCUT2D eigenvalue weighted by atomic mass is 35.5. The third-order valence-electron chi connectivity index (χ3n) is 5.87. The van der Waals surface area contributed by atoms with Gasteiger partial charge in [0.15, 0.2) is 5.96 Å². The first-order valence-corrected chi connectivity index (χ1v) is 9.85. The van der Waals surface area contributed by atoms with E-state index in [2.05, 4.69) is 28.4 Å². The Hall–Kier alpha value is -2.53. The van der Waals surface area contributed by atoms with Crippen LogP contribution >= 0.6 is 12.4 Å². The maximum atomic E-state index is 12.7. The summed E-state index contributed by atoms with van der Waals surface area (Å²) in [6.45, 7) is 3.08. The van der Waals surface area contributed by atoms with Crippen LogP contribution in [0, 0.1) is 0 Å². The number of halogens is 1. The summed E-state index contributed by atoms with van der Waals surface area (Å²) in [7, 11) is 0. The van der Waals surface area contributed by atoms with Gasteiger partial charge in [0.25, 0.3) is 5.91 Å². The van der Waals surface area contributed by atoms with Gasteiger partial charge in [-0.25, -0.2) is 4.99 Å². The van der Waals surface area contributed by atoms with Crippen molar-refractivity contribution in [2.24, 2.45) is 4.99 Å². The number of aliphatic imine (C=N–C) groups is 1. The summed E-state index contributed by atoms with van der Waals surface area (Å²) in [6.07, 6.45) is 3.49. The number of hydrogen-bond acceptors (Lipinski definition) is 4. The summed E-state index contributed by atoms with van der Waals surface area (Å²) < 4.78 is 0.